The van der Waals surface area contributed by atoms with Crippen molar-refractivity contribution in [2.45, 2.75) is 33.1 Å². The van der Waals surface area contributed by atoms with Gasteiger partial charge in [-0.1, -0.05) is 0 Å². The van der Waals surface area contributed by atoms with Crippen molar-refractivity contribution in [3.63, 3.8) is 0 Å². The van der Waals surface area contributed by atoms with Crippen LogP contribution in [0, 0.1) is 25.7 Å². The third-order valence-electron chi connectivity index (χ3n) is 1.99. The number of rotatable bonds is 1. The first-order chi connectivity index (χ1) is 3.80. The van der Waals surface area contributed by atoms with Crippen molar-refractivity contribution < 1.29 is 0 Å². The third-order valence-corrected chi connectivity index (χ3v) is 1.99. The van der Waals surface area contributed by atoms with Gasteiger partial charge in [0, 0.05) is 0 Å². The van der Waals surface area contributed by atoms with Crippen molar-refractivity contribution in [1.82, 2.24) is 0 Å². The molecule has 1 aliphatic carbocycles. The fourth-order valence-electron chi connectivity index (χ4n) is 1.28. The van der Waals surface area contributed by atoms with E-state index in [4.69, 9.17) is 0 Å². The fraction of sp³-hybridized carbons (Fsp3) is 0.667. The van der Waals surface area contributed by atoms with E-state index in [2.05, 4.69) is 20.3 Å². The van der Waals surface area contributed by atoms with Crippen LogP contribution in [0.5, 0.6) is 0 Å². The Kier molecular flexibility index (Phi) is 9.59. The Labute approximate surface area is 95.8 Å². The Morgan fingerprint density at radius 3 is 2.20 bits per heavy atom. The molecule has 0 aromatic rings. The summed E-state index contributed by atoms with van der Waals surface area (Å²) in [7, 11) is 0. The molecule has 1 atom stereocenters. The van der Waals surface area contributed by atoms with Crippen LogP contribution in [0.3, 0.4) is 0 Å². The summed E-state index contributed by atoms with van der Waals surface area (Å²) in [5.41, 5.74) is 0. The summed E-state index contributed by atoms with van der Waals surface area (Å²) in [4.78, 5) is 0. The van der Waals surface area contributed by atoms with E-state index in [0.717, 1.165) is 5.92 Å². The van der Waals surface area contributed by atoms with Crippen LogP contribution < -0.4 is 0 Å². The Morgan fingerprint density at radius 1 is 1.40 bits per heavy atom. The second-order valence-electron chi connectivity index (χ2n) is 2.88. The second kappa shape index (κ2) is 6.94. The zero-order chi connectivity index (χ0) is 5.98. The monoisotopic (exact) mass is 165 g/mol. The predicted octanol–water partition coefficient (Wildman–Crippen LogP) is 2.67. The topological polar surface area (TPSA) is 0 Å². The molecule has 0 amide bonds. The maximum absolute atomic E-state index is 2.40. The maximum Gasteiger partial charge on any atom is 2.00 e. The summed E-state index contributed by atoms with van der Waals surface area (Å²) in [6.07, 6.45) is 6.48. The number of hydrogen-bond donors (Lipinski definition) is 0. The van der Waals surface area contributed by atoms with Crippen molar-refractivity contribution in [2.75, 3.05) is 0 Å². The van der Waals surface area contributed by atoms with Gasteiger partial charge in [-0.15, -0.1) is 6.42 Å². The van der Waals surface area contributed by atoms with Crippen LogP contribution >= 0.6 is 0 Å². The Morgan fingerprint density at radius 2 is 2.00 bits per heavy atom. The molecule has 0 aliphatic heterocycles. The summed E-state index contributed by atoms with van der Waals surface area (Å²) in [6.45, 7) is 4.48. The first-order valence-electron chi connectivity index (χ1n) is 3.42. The summed E-state index contributed by atoms with van der Waals surface area (Å²) >= 11 is 0. The van der Waals surface area contributed by atoms with E-state index < -0.39 is 0 Å². The minimum atomic E-state index is 0. The van der Waals surface area contributed by atoms with E-state index in [1.807, 2.05) is 0 Å². The molecule has 10 heavy (non-hydrogen) atoms. The van der Waals surface area contributed by atoms with Gasteiger partial charge in [-0.3, -0.25) is 0 Å². The molecular formula is C9H17Ca-. The van der Waals surface area contributed by atoms with Crippen molar-refractivity contribution in [1.29, 1.82) is 0 Å². The second-order valence-corrected chi connectivity index (χ2v) is 2.88. The molecular weight excluding hydrogens is 148 g/mol. The standard InChI is InChI=1S/C8H14.CH3.Ca/c1-7(2)8-5-3-4-6-8;;/h3,8H,4-6H2,1-2H3;1H3;/q-2;-1;+2. The van der Waals surface area contributed by atoms with Crippen LogP contribution in [-0.2, 0) is 0 Å². The molecule has 1 heteroatoms. The van der Waals surface area contributed by atoms with Crippen LogP contribution in [0.25, 0.3) is 0 Å². The van der Waals surface area contributed by atoms with E-state index in [0.29, 0.717) is 0 Å². The van der Waals surface area contributed by atoms with Crippen molar-refractivity contribution in [3.8, 4) is 0 Å². The maximum atomic E-state index is 2.40. The first-order valence-corrected chi connectivity index (χ1v) is 3.42. The first kappa shape index (κ1) is 13.8. The molecule has 0 radical (unpaired) electrons. The average Bonchev–Trinajstić information content (AvgIpc) is 2.12. The van der Waals surface area contributed by atoms with E-state index in [-0.39, 0.29) is 45.2 Å². The molecule has 0 N–H and O–H groups in total. The van der Waals surface area contributed by atoms with Crippen LogP contribution in [0.4, 0.5) is 0 Å². The molecule has 0 saturated heterocycles. The summed E-state index contributed by atoms with van der Waals surface area (Å²) in [5.74, 6) is 2.54. The largest absolute Gasteiger partial charge is 2.00 e. The molecule has 0 aromatic carbocycles. The quantitative estimate of drug-likeness (QED) is 0.414. The zero-order valence-electron chi connectivity index (χ0n) is 7.48. The molecule has 0 aromatic heterocycles. The van der Waals surface area contributed by atoms with E-state index >= 15 is 0 Å². The molecule has 56 valence electrons. The normalized spacial score (nSPS) is 23.7. The van der Waals surface area contributed by atoms with Crippen molar-refractivity contribution in [3.05, 3.63) is 19.8 Å². The van der Waals surface area contributed by atoms with Crippen LogP contribution in [0.15, 0.2) is 0 Å². The van der Waals surface area contributed by atoms with Crippen molar-refractivity contribution in [2.24, 2.45) is 5.92 Å². The molecule has 0 spiro atoms. The molecule has 1 unspecified atom stereocenters. The Hall–Kier alpha value is 1.26. The van der Waals surface area contributed by atoms with Crippen LogP contribution in [0.2, 0.25) is 0 Å². The SMILES string of the molecule is C[C-](C)C1C[CH-]CC1.[CH3-].[Ca+2]. The molecule has 1 aliphatic rings. The smallest absolute Gasteiger partial charge is 0.358 e. The average molecular weight is 165 g/mol. The van der Waals surface area contributed by atoms with Gasteiger partial charge in [-0.05, 0) is 0 Å². The molecule has 1 saturated carbocycles. The van der Waals surface area contributed by atoms with Gasteiger partial charge in [-0.2, -0.15) is 26.2 Å². The fourth-order valence-corrected chi connectivity index (χ4v) is 1.28. The van der Waals surface area contributed by atoms with E-state index in [9.17, 15) is 0 Å². The van der Waals surface area contributed by atoms with Gasteiger partial charge in [0.15, 0.2) is 0 Å². The van der Waals surface area contributed by atoms with Crippen LogP contribution in [0.1, 0.15) is 33.1 Å². The molecule has 0 heterocycles. The minimum Gasteiger partial charge on any atom is -0.358 e. The van der Waals surface area contributed by atoms with Gasteiger partial charge in [0.25, 0.3) is 0 Å². The van der Waals surface area contributed by atoms with Gasteiger partial charge in [0.2, 0.25) is 0 Å². The van der Waals surface area contributed by atoms with Gasteiger partial charge in [0.1, 0.15) is 0 Å². The van der Waals surface area contributed by atoms with Gasteiger partial charge < -0.3 is 19.8 Å². The van der Waals surface area contributed by atoms with E-state index in [1.165, 1.54) is 19.3 Å². The molecule has 0 bridgehead atoms. The van der Waals surface area contributed by atoms with E-state index in [1.54, 1.807) is 5.92 Å². The van der Waals surface area contributed by atoms with Gasteiger partial charge >= 0.3 is 37.7 Å². The molecule has 1 rings (SSSR count). The minimum absolute atomic E-state index is 0. The predicted molar refractivity (Wildman–Crippen MR) is 48.4 cm³/mol. The molecule has 1 fully saturated rings. The van der Waals surface area contributed by atoms with Gasteiger partial charge in [-0.25, -0.2) is 6.42 Å². The summed E-state index contributed by atoms with van der Waals surface area (Å²) in [5, 5.41) is 0. The summed E-state index contributed by atoms with van der Waals surface area (Å²) < 4.78 is 0. The van der Waals surface area contributed by atoms with Gasteiger partial charge in [0.05, 0.1) is 0 Å². The van der Waals surface area contributed by atoms with Crippen LogP contribution in [-0.4, -0.2) is 37.7 Å². The molecule has 0 nitrogen and oxygen atoms in total. The summed E-state index contributed by atoms with van der Waals surface area (Å²) in [6, 6.07) is 0. The third kappa shape index (κ3) is 4.20. The number of hydrogen-bond acceptors (Lipinski definition) is 0. The van der Waals surface area contributed by atoms with Crippen molar-refractivity contribution >= 4 is 37.7 Å². The zero-order valence-corrected chi connectivity index (χ0v) is 9.69. The Balaban J connectivity index is 0. The Bertz CT molecular complexity index is 63.1.